The van der Waals surface area contributed by atoms with E-state index in [-0.39, 0.29) is 11.2 Å². The number of nitrogens with zero attached hydrogens (tertiary/aromatic N) is 2. The first kappa shape index (κ1) is 17.3. The van der Waals surface area contributed by atoms with Crippen molar-refractivity contribution in [1.29, 1.82) is 0 Å². The number of carbonyl (C=O) groups excluding carboxylic acids is 1. The lowest BCUT2D eigenvalue weighted by atomic mass is 10.1. The molecule has 1 unspecified atom stereocenters. The lowest BCUT2D eigenvalue weighted by molar-refractivity contribution is -0.115. The zero-order valence-corrected chi connectivity index (χ0v) is 15.4. The normalized spacial score (nSPS) is 12.0. The van der Waals surface area contributed by atoms with Gasteiger partial charge in [0.25, 0.3) is 0 Å². The van der Waals surface area contributed by atoms with Crippen molar-refractivity contribution >= 4 is 23.4 Å². The van der Waals surface area contributed by atoms with Gasteiger partial charge in [0.05, 0.1) is 0 Å². The summed E-state index contributed by atoms with van der Waals surface area (Å²) in [5.74, 6) is -0.0482. The van der Waals surface area contributed by atoms with Crippen molar-refractivity contribution in [3.8, 4) is 0 Å². The quantitative estimate of drug-likeness (QED) is 0.688. The summed E-state index contributed by atoms with van der Waals surface area (Å²) in [5, 5.41) is 3.52. The summed E-state index contributed by atoms with van der Waals surface area (Å²) in [4.78, 5) is 17.4. The van der Waals surface area contributed by atoms with Crippen molar-refractivity contribution in [3.05, 3.63) is 77.6 Å². The fourth-order valence-corrected chi connectivity index (χ4v) is 3.56. The Hall–Kier alpha value is -2.53. The second kappa shape index (κ2) is 7.57. The first-order valence-corrected chi connectivity index (χ1v) is 8.99. The van der Waals surface area contributed by atoms with E-state index in [0.29, 0.717) is 0 Å². The number of rotatable bonds is 5. The van der Waals surface area contributed by atoms with E-state index in [0.717, 1.165) is 27.5 Å². The number of aryl methyl sites for hydroxylation is 3. The molecule has 3 rings (SSSR count). The molecule has 4 nitrogen and oxygen atoms in total. The predicted octanol–water partition coefficient (Wildman–Crippen LogP) is 4.51. The lowest BCUT2D eigenvalue weighted by Gasteiger charge is -2.18. The van der Waals surface area contributed by atoms with Crippen molar-refractivity contribution in [2.45, 2.75) is 24.3 Å². The summed E-state index contributed by atoms with van der Waals surface area (Å²) in [5.41, 5.74) is 3.98. The largest absolute Gasteiger partial charge is 0.329 e. The molecule has 3 aromatic rings. The molecule has 0 radical (unpaired) electrons. The van der Waals surface area contributed by atoms with Gasteiger partial charge >= 0.3 is 0 Å². The Kier molecular flexibility index (Phi) is 5.24. The number of aromatic nitrogens is 2. The summed E-state index contributed by atoms with van der Waals surface area (Å²) in [6.07, 6.45) is 3.62. The zero-order chi connectivity index (χ0) is 17.8. The fourth-order valence-electron chi connectivity index (χ4n) is 2.54. The second-order valence-corrected chi connectivity index (χ2v) is 7.11. The molecule has 0 saturated carbocycles. The molecule has 5 heteroatoms. The van der Waals surface area contributed by atoms with Gasteiger partial charge in [-0.2, -0.15) is 0 Å². The van der Waals surface area contributed by atoms with Crippen LogP contribution in [0.25, 0.3) is 0 Å². The third-order valence-corrected chi connectivity index (χ3v) is 5.32. The maximum atomic E-state index is 13.0. The van der Waals surface area contributed by atoms with Crippen LogP contribution in [-0.2, 0) is 11.8 Å². The van der Waals surface area contributed by atoms with Crippen LogP contribution in [0.3, 0.4) is 0 Å². The number of amides is 1. The molecule has 1 N–H and O–H groups in total. The maximum absolute atomic E-state index is 13.0. The number of hydrogen-bond donors (Lipinski definition) is 1. The molecule has 0 saturated heterocycles. The Morgan fingerprint density at radius 1 is 1.16 bits per heavy atom. The molecule has 128 valence electrons. The van der Waals surface area contributed by atoms with Gasteiger partial charge in [0, 0.05) is 25.1 Å². The number of imidazole rings is 1. The molecule has 1 aromatic heterocycles. The van der Waals surface area contributed by atoms with Gasteiger partial charge in [-0.25, -0.2) is 4.98 Å². The van der Waals surface area contributed by atoms with E-state index in [1.165, 1.54) is 11.8 Å². The molecule has 0 aliphatic heterocycles. The highest BCUT2D eigenvalue weighted by Gasteiger charge is 2.24. The molecule has 0 aliphatic rings. The van der Waals surface area contributed by atoms with Crippen LogP contribution in [0.5, 0.6) is 0 Å². The maximum Gasteiger partial charge on any atom is 0.242 e. The Bertz CT molecular complexity index is 874. The van der Waals surface area contributed by atoms with E-state index < -0.39 is 0 Å². The lowest BCUT2D eigenvalue weighted by Crippen LogP contribution is -2.20. The van der Waals surface area contributed by atoms with Gasteiger partial charge in [-0.15, -0.1) is 0 Å². The van der Waals surface area contributed by atoms with Crippen LogP contribution in [0.15, 0.2) is 66.1 Å². The number of carbonyl (C=O) groups is 1. The molecule has 2 aromatic carbocycles. The summed E-state index contributed by atoms with van der Waals surface area (Å²) in [6, 6.07) is 15.9. The van der Waals surface area contributed by atoms with Gasteiger partial charge in [-0.3, -0.25) is 4.79 Å². The number of anilines is 1. The van der Waals surface area contributed by atoms with Crippen LogP contribution < -0.4 is 5.32 Å². The Morgan fingerprint density at radius 2 is 1.92 bits per heavy atom. The molecular formula is C20H21N3OS. The van der Waals surface area contributed by atoms with Gasteiger partial charge in [0.15, 0.2) is 5.16 Å². The van der Waals surface area contributed by atoms with Crippen LogP contribution in [0.2, 0.25) is 0 Å². The molecule has 0 spiro atoms. The minimum absolute atomic E-state index is 0.0482. The minimum Gasteiger partial charge on any atom is -0.329 e. The number of nitrogens with one attached hydrogen (secondary N) is 1. The van der Waals surface area contributed by atoms with E-state index in [9.17, 15) is 4.79 Å². The summed E-state index contributed by atoms with van der Waals surface area (Å²) < 4.78 is 1.92. The van der Waals surface area contributed by atoms with Crippen molar-refractivity contribution < 1.29 is 4.79 Å². The number of benzene rings is 2. The van der Waals surface area contributed by atoms with Crippen molar-refractivity contribution in [2.24, 2.45) is 7.05 Å². The van der Waals surface area contributed by atoms with Gasteiger partial charge in [-0.05, 0) is 36.6 Å². The van der Waals surface area contributed by atoms with Crippen molar-refractivity contribution in [3.63, 3.8) is 0 Å². The first-order valence-electron chi connectivity index (χ1n) is 8.11. The molecular weight excluding hydrogens is 330 g/mol. The number of thioether (sulfide) groups is 1. The molecule has 1 amide bonds. The topological polar surface area (TPSA) is 46.9 Å². The molecule has 25 heavy (non-hydrogen) atoms. The van der Waals surface area contributed by atoms with Crippen LogP contribution in [0.4, 0.5) is 5.69 Å². The van der Waals surface area contributed by atoms with Gasteiger partial charge in [-0.1, -0.05) is 54.2 Å². The molecule has 0 fully saturated rings. The van der Waals surface area contributed by atoms with Crippen molar-refractivity contribution in [1.82, 2.24) is 9.55 Å². The highest BCUT2D eigenvalue weighted by molar-refractivity contribution is 8.00. The summed E-state index contributed by atoms with van der Waals surface area (Å²) in [7, 11) is 1.93. The van der Waals surface area contributed by atoms with Gasteiger partial charge in [0.1, 0.15) is 5.25 Å². The van der Waals surface area contributed by atoms with Gasteiger partial charge < -0.3 is 9.88 Å². The highest BCUT2D eigenvalue weighted by atomic mass is 32.2. The smallest absolute Gasteiger partial charge is 0.242 e. The third-order valence-electron chi connectivity index (χ3n) is 3.99. The summed E-state index contributed by atoms with van der Waals surface area (Å²) >= 11 is 1.45. The van der Waals surface area contributed by atoms with Crippen LogP contribution in [0.1, 0.15) is 21.9 Å². The third kappa shape index (κ3) is 4.12. The fraction of sp³-hybridized carbons (Fsp3) is 0.200. The number of hydrogen-bond acceptors (Lipinski definition) is 3. The Balaban J connectivity index is 1.89. The Morgan fingerprint density at radius 3 is 2.60 bits per heavy atom. The van der Waals surface area contributed by atoms with E-state index in [2.05, 4.69) is 10.3 Å². The second-order valence-electron chi connectivity index (χ2n) is 6.04. The van der Waals surface area contributed by atoms with E-state index in [1.807, 2.05) is 80.2 Å². The Labute approximate surface area is 152 Å². The van der Waals surface area contributed by atoms with E-state index >= 15 is 0 Å². The molecule has 1 atom stereocenters. The van der Waals surface area contributed by atoms with Gasteiger partial charge in [0.2, 0.25) is 5.91 Å². The average Bonchev–Trinajstić information content (AvgIpc) is 3.01. The van der Waals surface area contributed by atoms with E-state index in [1.54, 1.807) is 6.20 Å². The zero-order valence-electron chi connectivity index (χ0n) is 14.6. The minimum atomic E-state index is -0.373. The van der Waals surface area contributed by atoms with Crippen molar-refractivity contribution in [2.75, 3.05) is 5.32 Å². The molecule has 0 aliphatic carbocycles. The van der Waals surface area contributed by atoms with Crippen LogP contribution in [-0.4, -0.2) is 15.5 Å². The molecule has 0 bridgehead atoms. The van der Waals surface area contributed by atoms with Crippen LogP contribution in [0, 0.1) is 13.8 Å². The molecule has 1 heterocycles. The monoisotopic (exact) mass is 351 g/mol. The van der Waals surface area contributed by atoms with E-state index in [4.69, 9.17) is 0 Å². The predicted molar refractivity (Wildman–Crippen MR) is 103 cm³/mol. The standard InChI is InChI=1S/C20H21N3OS/c1-14-9-10-15(2)17(13-14)22-19(24)18(16-7-5-4-6-8-16)25-20-21-11-12-23(20)3/h4-13,18H,1-3H3,(H,22,24). The first-order chi connectivity index (χ1) is 12.0. The van der Waals surface area contributed by atoms with Crippen LogP contribution >= 0.6 is 11.8 Å². The summed E-state index contributed by atoms with van der Waals surface area (Å²) in [6.45, 7) is 4.02. The average molecular weight is 351 g/mol. The SMILES string of the molecule is Cc1ccc(C)c(NC(=O)C(Sc2nccn2C)c2ccccc2)c1. The highest BCUT2D eigenvalue weighted by Crippen LogP contribution is 2.35.